The zero-order chi connectivity index (χ0) is 7.68. The van der Waals surface area contributed by atoms with Crippen molar-refractivity contribution in [2.45, 2.75) is 12.8 Å². The fraction of sp³-hybridized carbons (Fsp3) is 0.200. The Morgan fingerprint density at radius 1 is 1.17 bits per heavy atom. The van der Waals surface area contributed by atoms with E-state index in [9.17, 15) is 0 Å². The zero-order valence-electron chi connectivity index (χ0n) is 6.68. The van der Waals surface area contributed by atoms with Crippen LogP contribution in [0.1, 0.15) is 12.8 Å². The predicted octanol–water partition coefficient (Wildman–Crippen LogP) is 3.32. The predicted molar refractivity (Wildman–Crippen MR) is 48.5 cm³/mol. The van der Waals surface area contributed by atoms with Gasteiger partial charge in [-0.3, -0.25) is 0 Å². The number of hydrogen-bond acceptors (Lipinski definition) is 0. The van der Waals surface area contributed by atoms with Crippen LogP contribution in [0.3, 0.4) is 0 Å². The van der Waals surface area contributed by atoms with Crippen molar-refractivity contribution in [3.8, 4) is 0 Å². The molecule has 2 heteroatoms. The minimum atomic E-state index is 0. The number of hydrogen-bond donors (Lipinski definition) is 0. The first-order chi connectivity index (χ1) is 5.38. The summed E-state index contributed by atoms with van der Waals surface area (Å²) in [6, 6.07) is 0. The van der Waals surface area contributed by atoms with Crippen molar-refractivity contribution in [1.29, 1.82) is 0 Å². The van der Waals surface area contributed by atoms with Crippen molar-refractivity contribution in [1.82, 2.24) is 0 Å². The molecule has 0 aliphatic heterocycles. The van der Waals surface area contributed by atoms with Crippen molar-refractivity contribution in [3.05, 3.63) is 46.6 Å². The van der Waals surface area contributed by atoms with Crippen LogP contribution in [0, 0.1) is 0 Å². The molecule has 2 aliphatic rings. The third kappa shape index (κ3) is 1.89. The van der Waals surface area contributed by atoms with Crippen molar-refractivity contribution in [3.63, 3.8) is 0 Å². The minimum Gasteiger partial charge on any atom is -0.0840 e. The van der Waals surface area contributed by atoms with E-state index in [4.69, 9.17) is 11.6 Å². The van der Waals surface area contributed by atoms with E-state index in [0.717, 1.165) is 17.9 Å². The van der Waals surface area contributed by atoms with Crippen LogP contribution in [0.25, 0.3) is 0 Å². The Balaban J connectivity index is 0.000000720. The standard InChI is InChI=1S/C10H9Cl.Zr/c11-10-7-3-6-9(10)8-4-1-2-5-8;/h1-4,7H,5-6H2;. The van der Waals surface area contributed by atoms with Crippen LogP contribution in [0.5, 0.6) is 0 Å². The zero-order valence-corrected chi connectivity index (χ0v) is 9.89. The fourth-order valence-electron chi connectivity index (χ4n) is 1.43. The molecule has 0 atom stereocenters. The van der Waals surface area contributed by atoms with E-state index in [2.05, 4.69) is 24.3 Å². The molecule has 0 aromatic carbocycles. The van der Waals surface area contributed by atoms with Crippen LogP contribution in [0.15, 0.2) is 46.6 Å². The second-order valence-corrected chi connectivity index (χ2v) is 3.16. The van der Waals surface area contributed by atoms with Crippen LogP contribution in [0.2, 0.25) is 0 Å². The monoisotopic (exact) mass is 254 g/mol. The van der Waals surface area contributed by atoms with E-state index >= 15 is 0 Å². The summed E-state index contributed by atoms with van der Waals surface area (Å²) in [5.41, 5.74) is 2.68. The van der Waals surface area contributed by atoms with Crippen molar-refractivity contribution in [2.24, 2.45) is 0 Å². The molecule has 2 aliphatic carbocycles. The van der Waals surface area contributed by atoms with Gasteiger partial charge in [-0.2, -0.15) is 0 Å². The Labute approximate surface area is 96.8 Å². The van der Waals surface area contributed by atoms with Gasteiger partial charge in [-0.1, -0.05) is 35.9 Å². The van der Waals surface area contributed by atoms with Crippen LogP contribution < -0.4 is 0 Å². The first-order valence-electron chi connectivity index (χ1n) is 3.79. The van der Waals surface area contributed by atoms with E-state index in [1.54, 1.807) is 0 Å². The van der Waals surface area contributed by atoms with Gasteiger partial charge in [0.25, 0.3) is 0 Å². The molecule has 2 rings (SSSR count). The molecule has 0 nitrogen and oxygen atoms in total. The molecule has 0 fully saturated rings. The van der Waals surface area contributed by atoms with Gasteiger partial charge in [-0.05, 0) is 30.1 Å². The summed E-state index contributed by atoms with van der Waals surface area (Å²) in [5.74, 6) is 0. The first-order valence-corrected chi connectivity index (χ1v) is 4.17. The average molecular weight is 256 g/mol. The second kappa shape index (κ2) is 4.39. The van der Waals surface area contributed by atoms with Crippen molar-refractivity contribution < 1.29 is 26.2 Å². The summed E-state index contributed by atoms with van der Waals surface area (Å²) in [7, 11) is 0. The Morgan fingerprint density at radius 3 is 2.50 bits per heavy atom. The largest absolute Gasteiger partial charge is 0.0840 e. The normalized spacial score (nSPS) is 19.9. The van der Waals surface area contributed by atoms with Crippen LogP contribution in [0.4, 0.5) is 0 Å². The quantitative estimate of drug-likeness (QED) is 0.674. The van der Waals surface area contributed by atoms with Gasteiger partial charge < -0.3 is 0 Å². The number of allylic oxidation sites excluding steroid dienone is 8. The molecule has 0 N–H and O–H groups in total. The van der Waals surface area contributed by atoms with Gasteiger partial charge in [0.1, 0.15) is 0 Å². The maximum absolute atomic E-state index is 5.98. The molecule has 0 spiro atoms. The van der Waals surface area contributed by atoms with Gasteiger partial charge in [0, 0.05) is 31.2 Å². The molecule has 0 amide bonds. The maximum Gasteiger partial charge on any atom is 0.0440 e. The van der Waals surface area contributed by atoms with Gasteiger partial charge in [-0.15, -0.1) is 0 Å². The number of halogens is 1. The smallest absolute Gasteiger partial charge is 0.0440 e. The third-order valence-corrected chi connectivity index (χ3v) is 2.39. The van der Waals surface area contributed by atoms with Crippen LogP contribution >= 0.6 is 11.6 Å². The summed E-state index contributed by atoms with van der Waals surface area (Å²) in [5, 5.41) is 0.917. The first kappa shape index (κ1) is 10.2. The van der Waals surface area contributed by atoms with Gasteiger partial charge in [0.15, 0.2) is 0 Å². The van der Waals surface area contributed by atoms with E-state index < -0.39 is 0 Å². The number of rotatable bonds is 1. The molecule has 0 saturated heterocycles. The van der Waals surface area contributed by atoms with Gasteiger partial charge in [0.05, 0.1) is 0 Å². The summed E-state index contributed by atoms with van der Waals surface area (Å²) in [6.07, 6.45) is 12.5. The third-order valence-electron chi connectivity index (χ3n) is 2.03. The molecule has 0 bridgehead atoms. The molecule has 60 valence electrons. The summed E-state index contributed by atoms with van der Waals surface area (Å²) >= 11 is 5.98. The van der Waals surface area contributed by atoms with Gasteiger partial charge in [0.2, 0.25) is 0 Å². The molecular weight excluding hydrogens is 247 g/mol. The topological polar surface area (TPSA) is 0 Å². The van der Waals surface area contributed by atoms with Crippen LogP contribution in [-0.4, -0.2) is 0 Å². The Bertz CT molecular complexity index is 295. The molecule has 0 unspecified atom stereocenters. The van der Waals surface area contributed by atoms with E-state index in [-0.39, 0.29) is 26.2 Å². The molecule has 0 aromatic rings. The van der Waals surface area contributed by atoms with E-state index in [1.807, 2.05) is 6.08 Å². The van der Waals surface area contributed by atoms with Gasteiger partial charge >= 0.3 is 0 Å². The Kier molecular flexibility index (Phi) is 3.74. The summed E-state index contributed by atoms with van der Waals surface area (Å²) in [6.45, 7) is 0. The van der Waals surface area contributed by atoms with Crippen molar-refractivity contribution >= 4 is 11.6 Å². The van der Waals surface area contributed by atoms with Gasteiger partial charge in [-0.25, -0.2) is 0 Å². The Morgan fingerprint density at radius 2 is 2.00 bits per heavy atom. The SMILES string of the molecule is ClC1=C(C2=CC=CC2)CC=C1.[Zr]. The van der Waals surface area contributed by atoms with Crippen LogP contribution in [-0.2, 0) is 26.2 Å². The summed E-state index contributed by atoms with van der Waals surface area (Å²) < 4.78 is 0. The molecule has 12 heavy (non-hydrogen) atoms. The minimum absolute atomic E-state index is 0. The fourth-order valence-corrected chi connectivity index (χ4v) is 1.72. The second-order valence-electron chi connectivity index (χ2n) is 2.76. The Hall–Kier alpha value is 0.133. The molecule has 0 radical (unpaired) electrons. The molecule has 0 heterocycles. The van der Waals surface area contributed by atoms with E-state index in [1.165, 1.54) is 11.1 Å². The molecule has 0 saturated carbocycles. The maximum atomic E-state index is 5.98. The molecular formula is C10H9ClZr. The van der Waals surface area contributed by atoms with Crippen molar-refractivity contribution in [2.75, 3.05) is 0 Å². The average Bonchev–Trinajstić information content (AvgIpc) is 2.55. The summed E-state index contributed by atoms with van der Waals surface area (Å²) in [4.78, 5) is 0. The van der Waals surface area contributed by atoms with E-state index in [0.29, 0.717) is 0 Å². The molecule has 0 aromatic heterocycles.